The zero-order chi connectivity index (χ0) is 22.3. The number of hydrogen-bond acceptors (Lipinski definition) is 4. The number of benzene rings is 2. The van der Waals surface area contributed by atoms with E-state index in [4.69, 9.17) is 0 Å². The first kappa shape index (κ1) is 23.6. The van der Waals surface area contributed by atoms with Gasteiger partial charge in [-0.05, 0) is 56.5 Å². The summed E-state index contributed by atoms with van der Waals surface area (Å²) in [6.07, 6.45) is 0.326. The molecule has 3 N–H and O–H groups in total. The number of nitrogens with one attached hydrogen (secondary N) is 3. The first-order valence-electron chi connectivity index (χ1n) is 9.90. The molecule has 0 spiro atoms. The normalized spacial score (nSPS) is 12.4. The highest BCUT2D eigenvalue weighted by atomic mass is 32.2. The Labute approximate surface area is 178 Å². The molecule has 30 heavy (non-hydrogen) atoms. The average molecular weight is 432 g/mol. The van der Waals surface area contributed by atoms with Gasteiger partial charge >= 0.3 is 0 Å². The maximum absolute atomic E-state index is 12.9. The maximum atomic E-state index is 12.9. The number of carbonyl (C=O) groups is 2. The molecule has 0 bridgehead atoms. The number of rotatable bonds is 9. The van der Waals surface area contributed by atoms with Crippen molar-refractivity contribution in [2.24, 2.45) is 5.92 Å². The third-order valence-electron chi connectivity index (χ3n) is 4.38. The van der Waals surface area contributed by atoms with E-state index in [1.165, 1.54) is 12.1 Å². The Balaban J connectivity index is 2.20. The van der Waals surface area contributed by atoms with Crippen molar-refractivity contribution in [1.82, 2.24) is 10.0 Å². The fourth-order valence-corrected chi connectivity index (χ4v) is 4.09. The van der Waals surface area contributed by atoms with Gasteiger partial charge in [0.25, 0.3) is 5.91 Å². The highest BCUT2D eigenvalue weighted by Gasteiger charge is 2.26. The van der Waals surface area contributed by atoms with Crippen molar-refractivity contribution in [3.05, 3.63) is 59.7 Å². The van der Waals surface area contributed by atoms with Gasteiger partial charge in [-0.15, -0.1) is 0 Å². The van der Waals surface area contributed by atoms with Gasteiger partial charge in [0.2, 0.25) is 15.9 Å². The van der Waals surface area contributed by atoms with Crippen molar-refractivity contribution in [2.75, 3.05) is 11.9 Å². The largest absolute Gasteiger partial charge is 0.352 e. The monoisotopic (exact) mass is 431 g/mol. The molecule has 8 heteroatoms. The molecule has 0 aliphatic rings. The number of hydrogen-bond donors (Lipinski definition) is 3. The van der Waals surface area contributed by atoms with Crippen LogP contribution in [0, 0.1) is 12.8 Å². The standard InChI is InChI=1S/C22H29N3O4S/c1-5-23-21(26)17-7-6-8-18(14-17)24-22(27)20(13-15(2)3)25-30(28,29)19-11-9-16(4)10-12-19/h6-12,14-15,20,25H,5,13H2,1-4H3,(H,23,26)(H,24,27)/t20-/m1/s1. The summed E-state index contributed by atoms with van der Waals surface area (Å²) in [4.78, 5) is 25.0. The van der Waals surface area contributed by atoms with Crippen molar-refractivity contribution in [2.45, 2.75) is 45.1 Å². The zero-order valence-corrected chi connectivity index (χ0v) is 18.5. The van der Waals surface area contributed by atoms with Gasteiger partial charge in [-0.2, -0.15) is 4.72 Å². The van der Waals surface area contributed by atoms with Crippen LogP contribution in [0.5, 0.6) is 0 Å². The molecular formula is C22H29N3O4S. The molecule has 0 saturated carbocycles. The molecule has 7 nitrogen and oxygen atoms in total. The minimum Gasteiger partial charge on any atom is -0.352 e. The van der Waals surface area contributed by atoms with Gasteiger partial charge in [0.1, 0.15) is 6.04 Å². The van der Waals surface area contributed by atoms with Gasteiger partial charge in [-0.25, -0.2) is 8.42 Å². The number of sulfonamides is 1. The summed E-state index contributed by atoms with van der Waals surface area (Å²) in [7, 11) is -3.86. The number of carbonyl (C=O) groups excluding carboxylic acids is 2. The van der Waals surface area contributed by atoms with Gasteiger partial charge < -0.3 is 10.6 Å². The topological polar surface area (TPSA) is 104 Å². The minimum absolute atomic E-state index is 0.0862. The van der Waals surface area contributed by atoms with E-state index >= 15 is 0 Å². The highest BCUT2D eigenvalue weighted by Crippen LogP contribution is 2.16. The molecule has 0 radical (unpaired) electrons. The van der Waals surface area contributed by atoms with E-state index in [9.17, 15) is 18.0 Å². The summed E-state index contributed by atoms with van der Waals surface area (Å²) in [5, 5.41) is 5.42. The number of anilines is 1. The van der Waals surface area contributed by atoms with E-state index in [0.29, 0.717) is 24.2 Å². The molecular weight excluding hydrogens is 402 g/mol. The van der Waals surface area contributed by atoms with Gasteiger partial charge in [0, 0.05) is 17.8 Å². The first-order chi connectivity index (χ1) is 14.1. The minimum atomic E-state index is -3.86. The molecule has 2 aromatic carbocycles. The molecule has 0 heterocycles. The summed E-state index contributed by atoms with van der Waals surface area (Å²) < 4.78 is 28.0. The average Bonchev–Trinajstić information content (AvgIpc) is 2.67. The van der Waals surface area contributed by atoms with Crippen LogP contribution in [0.15, 0.2) is 53.4 Å². The summed E-state index contributed by atoms with van der Waals surface area (Å²) in [5.74, 6) is -0.636. The molecule has 0 fully saturated rings. The zero-order valence-electron chi connectivity index (χ0n) is 17.7. The van der Waals surface area contributed by atoms with E-state index in [-0.39, 0.29) is 16.7 Å². The number of amides is 2. The lowest BCUT2D eigenvalue weighted by Gasteiger charge is -2.20. The van der Waals surface area contributed by atoms with Gasteiger partial charge in [0.05, 0.1) is 4.90 Å². The predicted molar refractivity (Wildman–Crippen MR) is 118 cm³/mol. The van der Waals surface area contributed by atoms with Crippen LogP contribution in [0.4, 0.5) is 5.69 Å². The highest BCUT2D eigenvalue weighted by molar-refractivity contribution is 7.89. The summed E-state index contributed by atoms with van der Waals surface area (Å²) >= 11 is 0. The summed E-state index contributed by atoms with van der Waals surface area (Å²) in [6, 6.07) is 12.0. The molecule has 0 aliphatic heterocycles. The Morgan fingerprint density at radius 1 is 1.03 bits per heavy atom. The van der Waals surface area contributed by atoms with Crippen LogP contribution in [0.25, 0.3) is 0 Å². The van der Waals surface area contributed by atoms with E-state index in [2.05, 4.69) is 15.4 Å². The third kappa shape index (κ3) is 6.67. The lowest BCUT2D eigenvalue weighted by atomic mass is 10.0. The van der Waals surface area contributed by atoms with Crippen LogP contribution >= 0.6 is 0 Å². The van der Waals surface area contributed by atoms with Gasteiger partial charge in [0.15, 0.2) is 0 Å². The molecule has 2 rings (SSSR count). The SMILES string of the molecule is CCNC(=O)c1cccc(NC(=O)[C@@H](CC(C)C)NS(=O)(=O)c2ccc(C)cc2)c1. The molecule has 0 aromatic heterocycles. The van der Waals surface area contributed by atoms with Crippen molar-refractivity contribution < 1.29 is 18.0 Å². The second-order valence-corrected chi connectivity index (χ2v) is 9.26. The lowest BCUT2D eigenvalue weighted by molar-refractivity contribution is -0.118. The fourth-order valence-electron chi connectivity index (χ4n) is 2.88. The molecule has 2 aromatic rings. The van der Waals surface area contributed by atoms with Crippen LogP contribution in [-0.2, 0) is 14.8 Å². The van der Waals surface area contributed by atoms with Crippen molar-refractivity contribution in [1.29, 1.82) is 0 Å². The Bertz CT molecular complexity index is 986. The van der Waals surface area contributed by atoms with Crippen molar-refractivity contribution >= 4 is 27.5 Å². The van der Waals surface area contributed by atoms with Crippen LogP contribution in [0.2, 0.25) is 0 Å². The van der Waals surface area contributed by atoms with E-state index < -0.39 is 22.0 Å². The molecule has 0 saturated heterocycles. The van der Waals surface area contributed by atoms with Crippen LogP contribution in [0.3, 0.4) is 0 Å². The molecule has 1 atom stereocenters. The quantitative estimate of drug-likeness (QED) is 0.567. The lowest BCUT2D eigenvalue weighted by Crippen LogP contribution is -2.44. The van der Waals surface area contributed by atoms with Crippen LogP contribution < -0.4 is 15.4 Å². The molecule has 0 aliphatic carbocycles. The first-order valence-corrected chi connectivity index (χ1v) is 11.4. The second-order valence-electron chi connectivity index (χ2n) is 7.55. The second kappa shape index (κ2) is 10.4. The smallest absolute Gasteiger partial charge is 0.251 e. The van der Waals surface area contributed by atoms with E-state index in [1.807, 2.05) is 27.7 Å². The summed E-state index contributed by atoms with van der Waals surface area (Å²) in [6.45, 7) is 8.01. The Hall–Kier alpha value is -2.71. The van der Waals surface area contributed by atoms with Gasteiger partial charge in [-0.3, -0.25) is 9.59 Å². The Morgan fingerprint density at radius 2 is 1.70 bits per heavy atom. The molecule has 162 valence electrons. The third-order valence-corrected chi connectivity index (χ3v) is 5.87. The predicted octanol–water partition coefficient (Wildman–Crippen LogP) is 3.08. The Morgan fingerprint density at radius 3 is 2.30 bits per heavy atom. The van der Waals surface area contributed by atoms with Crippen LogP contribution in [0.1, 0.15) is 43.1 Å². The summed E-state index contributed by atoms with van der Waals surface area (Å²) in [5.41, 5.74) is 1.78. The molecule has 0 unspecified atom stereocenters. The van der Waals surface area contributed by atoms with E-state index in [1.54, 1.807) is 36.4 Å². The van der Waals surface area contributed by atoms with Crippen molar-refractivity contribution in [3.8, 4) is 0 Å². The van der Waals surface area contributed by atoms with Gasteiger partial charge in [-0.1, -0.05) is 37.6 Å². The van der Waals surface area contributed by atoms with Crippen LogP contribution in [-0.4, -0.2) is 32.8 Å². The Kier molecular flexibility index (Phi) is 8.14. The van der Waals surface area contributed by atoms with E-state index in [0.717, 1.165) is 5.56 Å². The van der Waals surface area contributed by atoms with Crippen molar-refractivity contribution in [3.63, 3.8) is 0 Å². The maximum Gasteiger partial charge on any atom is 0.251 e. The number of aryl methyl sites for hydroxylation is 1. The fraction of sp³-hybridized carbons (Fsp3) is 0.364. The molecule has 2 amide bonds.